The quantitative estimate of drug-likeness (QED) is 0.829. The van der Waals surface area contributed by atoms with Crippen LogP contribution in [0.1, 0.15) is 23.8 Å². The first kappa shape index (κ1) is 13.8. The molecule has 0 radical (unpaired) electrons. The van der Waals surface area contributed by atoms with E-state index in [1.54, 1.807) is 13.4 Å². The maximum Gasteiger partial charge on any atom is 0.105 e. The van der Waals surface area contributed by atoms with E-state index in [1.165, 1.54) is 11.1 Å². The van der Waals surface area contributed by atoms with Crippen molar-refractivity contribution < 1.29 is 9.15 Å². The van der Waals surface area contributed by atoms with Gasteiger partial charge in [0, 0.05) is 26.1 Å². The van der Waals surface area contributed by atoms with Crippen LogP contribution in [-0.2, 0) is 24.3 Å². The minimum atomic E-state index is 0.386. The van der Waals surface area contributed by atoms with Gasteiger partial charge in [0.15, 0.2) is 0 Å². The number of hydrogen-bond acceptors (Lipinski definition) is 3. The maximum absolute atomic E-state index is 5.35. The van der Waals surface area contributed by atoms with Crippen LogP contribution in [0.3, 0.4) is 0 Å². The lowest BCUT2D eigenvalue weighted by Crippen LogP contribution is -2.27. The fraction of sp³-hybridized carbons (Fsp3) is 0.375. The molecule has 1 aromatic heterocycles. The van der Waals surface area contributed by atoms with Gasteiger partial charge in [-0.05, 0) is 30.2 Å². The van der Waals surface area contributed by atoms with Crippen molar-refractivity contribution in [3.63, 3.8) is 0 Å². The van der Waals surface area contributed by atoms with Crippen LogP contribution in [0.15, 0.2) is 47.1 Å². The largest absolute Gasteiger partial charge is 0.469 e. The maximum atomic E-state index is 5.35. The molecule has 1 aromatic carbocycles. The summed E-state index contributed by atoms with van der Waals surface area (Å²) in [5.74, 6) is 1.02. The number of furan rings is 1. The second-order valence-electron chi connectivity index (χ2n) is 4.82. The van der Waals surface area contributed by atoms with Crippen LogP contribution >= 0.6 is 0 Å². The Balaban J connectivity index is 1.82. The van der Waals surface area contributed by atoms with Gasteiger partial charge in [-0.1, -0.05) is 24.3 Å². The summed E-state index contributed by atoms with van der Waals surface area (Å²) in [5, 5.41) is 3.51. The van der Waals surface area contributed by atoms with E-state index in [0.29, 0.717) is 12.6 Å². The number of nitrogens with one attached hydrogen (secondary N) is 1. The highest BCUT2D eigenvalue weighted by Gasteiger charge is 2.05. The third kappa shape index (κ3) is 4.54. The van der Waals surface area contributed by atoms with Gasteiger partial charge in [-0.15, -0.1) is 0 Å². The highest BCUT2D eigenvalue weighted by molar-refractivity contribution is 5.23. The van der Waals surface area contributed by atoms with E-state index >= 15 is 0 Å². The Hall–Kier alpha value is -1.58. The van der Waals surface area contributed by atoms with E-state index in [0.717, 1.165) is 18.7 Å². The highest BCUT2D eigenvalue weighted by Crippen LogP contribution is 2.08. The zero-order valence-corrected chi connectivity index (χ0v) is 11.6. The monoisotopic (exact) mass is 259 g/mol. The number of hydrogen-bond donors (Lipinski definition) is 1. The molecule has 1 atom stereocenters. The van der Waals surface area contributed by atoms with Gasteiger partial charge in [0.05, 0.1) is 12.9 Å². The standard InChI is InChI=1S/C16H21NO2/c1-13(9-16-7-4-8-19-16)17-11-14-5-3-6-15(10-14)12-18-2/h3-8,10,13,17H,9,11-12H2,1-2H3. The Labute approximate surface area is 114 Å². The molecule has 0 saturated heterocycles. The van der Waals surface area contributed by atoms with Crippen molar-refractivity contribution >= 4 is 0 Å². The predicted octanol–water partition coefficient (Wildman–Crippen LogP) is 3.15. The number of methoxy groups -OCH3 is 1. The Bertz CT molecular complexity index is 479. The van der Waals surface area contributed by atoms with Crippen LogP contribution in [0.2, 0.25) is 0 Å². The van der Waals surface area contributed by atoms with Crippen molar-refractivity contribution in [1.29, 1.82) is 0 Å². The van der Waals surface area contributed by atoms with Gasteiger partial charge >= 0.3 is 0 Å². The fourth-order valence-electron chi connectivity index (χ4n) is 2.09. The molecule has 1 heterocycles. The van der Waals surface area contributed by atoms with Crippen molar-refractivity contribution in [2.75, 3.05) is 7.11 Å². The van der Waals surface area contributed by atoms with Crippen molar-refractivity contribution in [2.45, 2.75) is 32.5 Å². The van der Waals surface area contributed by atoms with Crippen molar-refractivity contribution in [3.05, 3.63) is 59.5 Å². The topological polar surface area (TPSA) is 34.4 Å². The summed E-state index contributed by atoms with van der Waals surface area (Å²) in [6, 6.07) is 12.8. The molecule has 2 rings (SSSR count). The summed E-state index contributed by atoms with van der Waals surface area (Å²) >= 11 is 0. The van der Waals surface area contributed by atoms with Gasteiger partial charge in [0.2, 0.25) is 0 Å². The van der Waals surface area contributed by atoms with E-state index in [1.807, 2.05) is 12.1 Å². The zero-order chi connectivity index (χ0) is 13.5. The summed E-state index contributed by atoms with van der Waals surface area (Å²) in [6.07, 6.45) is 2.63. The average molecular weight is 259 g/mol. The summed E-state index contributed by atoms with van der Waals surface area (Å²) in [4.78, 5) is 0. The van der Waals surface area contributed by atoms with Crippen LogP contribution in [0.5, 0.6) is 0 Å². The number of rotatable bonds is 7. The van der Waals surface area contributed by atoms with E-state index < -0.39 is 0 Å². The number of ether oxygens (including phenoxy) is 1. The minimum Gasteiger partial charge on any atom is -0.469 e. The average Bonchev–Trinajstić information content (AvgIpc) is 2.90. The van der Waals surface area contributed by atoms with Crippen LogP contribution in [0.25, 0.3) is 0 Å². The molecule has 0 spiro atoms. The second kappa shape index (κ2) is 7.12. The van der Waals surface area contributed by atoms with Gasteiger partial charge in [-0.25, -0.2) is 0 Å². The summed E-state index contributed by atoms with van der Waals surface area (Å²) in [6.45, 7) is 3.69. The Morgan fingerprint density at radius 2 is 2.05 bits per heavy atom. The summed E-state index contributed by atoms with van der Waals surface area (Å²) < 4.78 is 10.5. The van der Waals surface area contributed by atoms with Gasteiger partial charge < -0.3 is 14.5 Å². The molecule has 19 heavy (non-hydrogen) atoms. The summed E-state index contributed by atoms with van der Waals surface area (Å²) in [7, 11) is 1.72. The van der Waals surface area contributed by atoms with Gasteiger partial charge in [0.25, 0.3) is 0 Å². The molecular formula is C16H21NO2. The lowest BCUT2D eigenvalue weighted by atomic mass is 10.1. The number of benzene rings is 1. The predicted molar refractivity (Wildman–Crippen MR) is 75.9 cm³/mol. The molecule has 102 valence electrons. The first-order valence-corrected chi connectivity index (χ1v) is 6.60. The smallest absolute Gasteiger partial charge is 0.105 e. The van der Waals surface area contributed by atoms with E-state index in [4.69, 9.17) is 9.15 Å². The van der Waals surface area contributed by atoms with Gasteiger partial charge in [-0.3, -0.25) is 0 Å². The SMILES string of the molecule is COCc1cccc(CNC(C)Cc2ccco2)c1. The molecule has 1 unspecified atom stereocenters. The first-order valence-electron chi connectivity index (χ1n) is 6.60. The molecule has 0 fully saturated rings. The third-order valence-electron chi connectivity index (χ3n) is 3.04. The molecule has 2 aromatic rings. The molecule has 3 heteroatoms. The first-order chi connectivity index (χ1) is 9.28. The lowest BCUT2D eigenvalue weighted by Gasteiger charge is -2.13. The van der Waals surface area contributed by atoms with Crippen LogP contribution in [0, 0.1) is 0 Å². The Morgan fingerprint density at radius 3 is 2.79 bits per heavy atom. The van der Waals surface area contributed by atoms with Crippen LogP contribution in [0.4, 0.5) is 0 Å². The van der Waals surface area contributed by atoms with E-state index in [9.17, 15) is 0 Å². The molecule has 0 aliphatic rings. The fourth-order valence-corrected chi connectivity index (χ4v) is 2.09. The molecule has 0 bridgehead atoms. The van der Waals surface area contributed by atoms with Crippen molar-refractivity contribution in [1.82, 2.24) is 5.32 Å². The third-order valence-corrected chi connectivity index (χ3v) is 3.04. The second-order valence-corrected chi connectivity index (χ2v) is 4.82. The van der Waals surface area contributed by atoms with Gasteiger partial charge in [-0.2, -0.15) is 0 Å². The van der Waals surface area contributed by atoms with Crippen LogP contribution < -0.4 is 5.32 Å². The Kier molecular flexibility index (Phi) is 5.19. The molecular weight excluding hydrogens is 238 g/mol. The zero-order valence-electron chi connectivity index (χ0n) is 11.6. The molecule has 1 N–H and O–H groups in total. The van der Waals surface area contributed by atoms with Gasteiger partial charge in [0.1, 0.15) is 5.76 Å². The molecule has 0 saturated carbocycles. The molecule has 0 aliphatic carbocycles. The van der Waals surface area contributed by atoms with E-state index in [2.05, 4.69) is 36.5 Å². The Morgan fingerprint density at radius 1 is 1.21 bits per heavy atom. The summed E-state index contributed by atoms with van der Waals surface area (Å²) in [5.41, 5.74) is 2.49. The van der Waals surface area contributed by atoms with Crippen molar-refractivity contribution in [2.24, 2.45) is 0 Å². The van der Waals surface area contributed by atoms with Crippen LogP contribution in [-0.4, -0.2) is 13.2 Å². The normalized spacial score (nSPS) is 12.5. The lowest BCUT2D eigenvalue weighted by molar-refractivity contribution is 0.185. The molecule has 0 aliphatic heterocycles. The molecule has 0 amide bonds. The minimum absolute atomic E-state index is 0.386. The molecule has 3 nitrogen and oxygen atoms in total. The highest BCUT2D eigenvalue weighted by atomic mass is 16.5. The van der Waals surface area contributed by atoms with Crippen molar-refractivity contribution in [3.8, 4) is 0 Å². The van der Waals surface area contributed by atoms with E-state index in [-0.39, 0.29) is 0 Å².